The zero-order valence-corrected chi connectivity index (χ0v) is 11.4. The fraction of sp³-hybridized carbons (Fsp3) is 0.364. The number of ether oxygens (including phenoxy) is 1. The van der Waals surface area contributed by atoms with Gasteiger partial charge in [0.25, 0.3) is 0 Å². The lowest BCUT2D eigenvalue weighted by atomic mass is 9.81. The van der Waals surface area contributed by atoms with Crippen molar-refractivity contribution in [2.24, 2.45) is 0 Å². The minimum atomic E-state index is -0.511. The second-order valence-electron chi connectivity index (χ2n) is 3.79. The third kappa shape index (κ3) is 1.64. The maximum Gasteiger partial charge on any atom is 0.157 e. The smallest absolute Gasteiger partial charge is 0.157 e. The Morgan fingerprint density at radius 3 is 3.00 bits per heavy atom. The molecule has 0 bridgehead atoms. The molecule has 0 saturated carbocycles. The summed E-state index contributed by atoms with van der Waals surface area (Å²) in [6.07, 6.45) is 0. The molecule has 1 aliphatic rings. The average molecular weight is 334 g/mol. The molecule has 1 aliphatic heterocycles. The van der Waals surface area contributed by atoms with Gasteiger partial charge in [0.2, 0.25) is 0 Å². The molecule has 0 N–H and O–H groups in total. The lowest BCUT2D eigenvalue weighted by Gasteiger charge is -2.19. The maximum atomic E-state index is 11.9. The highest BCUT2D eigenvalue weighted by molar-refractivity contribution is 9.10. The number of hydrogen-bond acceptors (Lipinski definition) is 2. The van der Waals surface area contributed by atoms with Gasteiger partial charge in [0, 0.05) is 5.56 Å². The number of fused-ring (bicyclic) bond motifs is 1. The van der Waals surface area contributed by atoms with Crippen molar-refractivity contribution in [1.29, 1.82) is 0 Å². The largest absolute Gasteiger partial charge is 0.491 e. The van der Waals surface area contributed by atoms with Crippen LogP contribution in [0, 0.1) is 0 Å². The van der Waals surface area contributed by atoms with Crippen molar-refractivity contribution in [3.05, 3.63) is 28.2 Å². The van der Waals surface area contributed by atoms with Crippen molar-refractivity contribution >= 4 is 37.6 Å². The van der Waals surface area contributed by atoms with Crippen LogP contribution in [0.1, 0.15) is 12.5 Å². The van der Waals surface area contributed by atoms with E-state index in [-0.39, 0.29) is 5.78 Å². The van der Waals surface area contributed by atoms with Gasteiger partial charge in [-0.15, -0.1) is 0 Å². The van der Waals surface area contributed by atoms with Crippen LogP contribution >= 0.6 is 31.9 Å². The number of Topliss-reactive ketones (excluding diaryl/α,β-unsaturated/α-hetero) is 1. The number of alkyl halides is 1. The Balaban J connectivity index is 2.53. The number of hydrogen-bond donors (Lipinski definition) is 0. The van der Waals surface area contributed by atoms with E-state index in [9.17, 15) is 4.79 Å². The SMILES string of the molecule is CC1(C(=O)CBr)COc2c(Br)cccc21. The number of rotatable bonds is 2. The Hall–Kier alpha value is -0.350. The molecule has 0 fully saturated rings. The predicted octanol–water partition coefficient (Wildman–Crippen LogP) is 3.06. The molecule has 1 unspecified atom stereocenters. The lowest BCUT2D eigenvalue weighted by Crippen LogP contribution is -2.35. The van der Waals surface area contributed by atoms with Crippen molar-refractivity contribution in [3.8, 4) is 5.75 Å². The fourth-order valence-electron chi connectivity index (χ4n) is 1.76. The molecule has 15 heavy (non-hydrogen) atoms. The molecule has 1 aromatic rings. The first-order valence-corrected chi connectivity index (χ1v) is 6.52. The summed E-state index contributed by atoms with van der Waals surface area (Å²) in [6.45, 7) is 2.35. The van der Waals surface area contributed by atoms with Gasteiger partial charge in [0.05, 0.1) is 15.2 Å². The highest BCUT2D eigenvalue weighted by Crippen LogP contribution is 2.43. The number of ketones is 1. The monoisotopic (exact) mass is 332 g/mol. The van der Waals surface area contributed by atoms with Gasteiger partial charge in [-0.05, 0) is 28.9 Å². The van der Waals surface area contributed by atoms with E-state index in [1.165, 1.54) is 0 Å². The fourth-order valence-corrected chi connectivity index (χ4v) is 2.86. The zero-order valence-electron chi connectivity index (χ0n) is 8.22. The summed E-state index contributed by atoms with van der Waals surface area (Å²) in [5.74, 6) is 0.952. The summed E-state index contributed by atoms with van der Waals surface area (Å²) in [5.41, 5.74) is 0.462. The third-order valence-electron chi connectivity index (χ3n) is 2.80. The molecular weight excluding hydrogens is 324 g/mol. The molecule has 1 heterocycles. The van der Waals surface area contributed by atoms with Crippen LogP contribution in [0.15, 0.2) is 22.7 Å². The number of benzene rings is 1. The third-order valence-corrected chi connectivity index (χ3v) is 3.94. The van der Waals surface area contributed by atoms with Crippen LogP contribution in [0.5, 0.6) is 5.75 Å². The van der Waals surface area contributed by atoms with E-state index in [0.717, 1.165) is 15.8 Å². The standard InChI is InChI=1S/C11H10Br2O2/c1-11(9(14)5-12)6-15-10-7(11)3-2-4-8(10)13/h2-4H,5-6H2,1H3. The number of carbonyl (C=O) groups is 1. The Morgan fingerprint density at radius 1 is 1.60 bits per heavy atom. The predicted molar refractivity (Wildman–Crippen MR) is 65.8 cm³/mol. The van der Waals surface area contributed by atoms with Crippen molar-refractivity contribution in [2.75, 3.05) is 11.9 Å². The van der Waals surface area contributed by atoms with Gasteiger partial charge in [-0.3, -0.25) is 4.79 Å². The zero-order chi connectivity index (χ0) is 11.1. The van der Waals surface area contributed by atoms with E-state index in [2.05, 4.69) is 31.9 Å². The van der Waals surface area contributed by atoms with Gasteiger partial charge in [-0.2, -0.15) is 0 Å². The van der Waals surface area contributed by atoms with E-state index in [4.69, 9.17) is 4.74 Å². The summed E-state index contributed by atoms with van der Waals surface area (Å²) in [6, 6.07) is 5.80. The molecule has 0 saturated heterocycles. The quantitative estimate of drug-likeness (QED) is 0.777. The van der Waals surface area contributed by atoms with Crippen LogP contribution in [0.2, 0.25) is 0 Å². The van der Waals surface area contributed by atoms with E-state index in [0.29, 0.717) is 11.9 Å². The van der Waals surface area contributed by atoms with Crippen molar-refractivity contribution in [1.82, 2.24) is 0 Å². The van der Waals surface area contributed by atoms with Crippen LogP contribution in [0.4, 0.5) is 0 Å². The normalized spacial score (nSPS) is 23.4. The highest BCUT2D eigenvalue weighted by atomic mass is 79.9. The van der Waals surface area contributed by atoms with Crippen LogP contribution in [-0.4, -0.2) is 17.7 Å². The minimum Gasteiger partial charge on any atom is -0.491 e. The Morgan fingerprint density at radius 2 is 2.33 bits per heavy atom. The number of carbonyl (C=O) groups excluding carboxylic acids is 1. The first-order chi connectivity index (χ1) is 7.09. The van der Waals surface area contributed by atoms with Gasteiger partial charge in [0.1, 0.15) is 12.4 Å². The summed E-state index contributed by atoms with van der Waals surface area (Å²) in [4.78, 5) is 11.9. The lowest BCUT2D eigenvalue weighted by molar-refractivity contribution is -0.121. The van der Waals surface area contributed by atoms with Crippen molar-refractivity contribution < 1.29 is 9.53 Å². The van der Waals surface area contributed by atoms with Crippen molar-refractivity contribution in [3.63, 3.8) is 0 Å². The van der Waals surface area contributed by atoms with Gasteiger partial charge in [-0.1, -0.05) is 28.1 Å². The van der Waals surface area contributed by atoms with E-state index in [1.807, 2.05) is 25.1 Å². The van der Waals surface area contributed by atoms with Crippen LogP contribution in [0.25, 0.3) is 0 Å². The second-order valence-corrected chi connectivity index (χ2v) is 5.21. The highest BCUT2D eigenvalue weighted by Gasteiger charge is 2.42. The molecule has 4 heteroatoms. The van der Waals surface area contributed by atoms with Gasteiger partial charge in [-0.25, -0.2) is 0 Å². The van der Waals surface area contributed by atoms with Gasteiger partial charge < -0.3 is 4.74 Å². The minimum absolute atomic E-state index is 0.152. The molecular formula is C11H10Br2O2. The molecule has 2 nitrogen and oxygen atoms in total. The molecule has 0 aliphatic carbocycles. The van der Waals surface area contributed by atoms with Crippen LogP contribution < -0.4 is 4.74 Å². The molecule has 0 amide bonds. The first-order valence-electron chi connectivity index (χ1n) is 4.60. The molecule has 0 radical (unpaired) electrons. The molecule has 0 aromatic heterocycles. The molecule has 1 atom stereocenters. The Bertz CT molecular complexity index is 417. The molecule has 1 aromatic carbocycles. The molecule has 0 spiro atoms. The topological polar surface area (TPSA) is 26.3 Å². The first kappa shape index (κ1) is 11.1. The molecule has 2 rings (SSSR count). The van der Waals surface area contributed by atoms with Crippen LogP contribution in [-0.2, 0) is 10.2 Å². The summed E-state index contributed by atoms with van der Waals surface area (Å²) >= 11 is 6.64. The summed E-state index contributed by atoms with van der Waals surface area (Å²) in [5, 5.41) is 0.360. The average Bonchev–Trinajstić information content (AvgIpc) is 2.59. The van der Waals surface area contributed by atoms with E-state index < -0.39 is 5.41 Å². The van der Waals surface area contributed by atoms with E-state index >= 15 is 0 Å². The van der Waals surface area contributed by atoms with Gasteiger partial charge in [0.15, 0.2) is 5.78 Å². The van der Waals surface area contributed by atoms with Crippen LogP contribution in [0.3, 0.4) is 0 Å². The second kappa shape index (κ2) is 3.91. The summed E-state index contributed by atoms with van der Waals surface area (Å²) in [7, 11) is 0. The number of para-hydroxylation sites is 1. The van der Waals surface area contributed by atoms with Crippen molar-refractivity contribution in [2.45, 2.75) is 12.3 Å². The maximum absolute atomic E-state index is 11.9. The summed E-state index contributed by atoms with van der Waals surface area (Å²) < 4.78 is 6.49. The number of halogens is 2. The van der Waals surface area contributed by atoms with Gasteiger partial charge >= 0.3 is 0 Å². The molecule has 80 valence electrons. The Labute approximate surface area is 105 Å². The Kier molecular flexibility index (Phi) is 2.90. The van der Waals surface area contributed by atoms with E-state index in [1.54, 1.807) is 0 Å².